The first-order valence-electron chi connectivity index (χ1n) is 6.48. The van der Waals surface area contributed by atoms with Crippen molar-refractivity contribution in [2.45, 2.75) is 14.7 Å². The van der Waals surface area contributed by atoms with E-state index in [0.717, 1.165) is 26.1 Å². The molecule has 0 bridgehead atoms. The zero-order valence-corrected chi connectivity index (χ0v) is 14.4. The van der Waals surface area contributed by atoms with E-state index < -0.39 is 9.84 Å². The van der Waals surface area contributed by atoms with Crippen LogP contribution in [0.2, 0.25) is 0 Å². The van der Waals surface area contributed by atoms with Gasteiger partial charge in [0.2, 0.25) is 0 Å². The molecule has 116 valence electrons. The lowest BCUT2D eigenvalue weighted by atomic mass is 10.2. The second kappa shape index (κ2) is 5.96. The summed E-state index contributed by atoms with van der Waals surface area (Å²) >= 11 is 2.62. The Morgan fingerprint density at radius 3 is 2.48 bits per heavy atom. The Morgan fingerprint density at radius 2 is 1.87 bits per heavy atom. The average molecular weight is 363 g/mol. The highest BCUT2D eigenvalue weighted by atomic mass is 32.2. The highest BCUT2D eigenvalue weighted by molar-refractivity contribution is 7.99. The summed E-state index contributed by atoms with van der Waals surface area (Å²) in [5.41, 5.74) is 0. The smallest absolute Gasteiger partial charge is 0.175 e. The fourth-order valence-electron chi connectivity index (χ4n) is 2.08. The SMILES string of the molecule is CS(=O)(=O)c1ccc2c(Sc3ccc(F)cc3)c(C#N)sc2c1. The maximum atomic E-state index is 13.0. The monoisotopic (exact) mass is 363 g/mol. The fourth-order valence-corrected chi connectivity index (χ4v) is 4.98. The molecule has 0 N–H and O–H groups in total. The van der Waals surface area contributed by atoms with Crippen LogP contribution in [0.15, 0.2) is 57.2 Å². The van der Waals surface area contributed by atoms with E-state index in [1.807, 2.05) is 0 Å². The molecule has 1 heterocycles. The van der Waals surface area contributed by atoms with E-state index >= 15 is 0 Å². The maximum Gasteiger partial charge on any atom is 0.175 e. The topological polar surface area (TPSA) is 57.9 Å². The lowest BCUT2D eigenvalue weighted by Crippen LogP contribution is -1.95. The summed E-state index contributed by atoms with van der Waals surface area (Å²) in [5, 5.41) is 10.2. The molecule has 7 heteroatoms. The van der Waals surface area contributed by atoms with Gasteiger partial charge in [-0.3, -0.25) is 0 Å². The largest absolute Gasteiger partial charge is 0.224 e. The van der Waals surface area contributed by atoms with Crippen molar-refractivity contribution in [2.24, 2.45) is 0 Å². The molecule has 0 aliphatic rings. The Hall–Kier alpha value is -1.88. The van der Waals surface area contributed by atoms with Crippen molar-refractivity contribution in [3.63, 3.8) is 0 Å². The molecular formula is C16H10FNO2S3. The standard InChI is InChI=1S/C16H10FNO2S3/c1-23(19,20)12-6-7-13-14(8-12)22-15(9-18)16(13)21-11-4-2-10(17)3-5-11/h2-8H,1H3. The molecule has 0 aliphatic carbocycles. The van der Waals surface area contributed by atoms with Crippen molar-refractivity contribution in [1.29, 1.82) is 5.26 Å². The van der Waals surface area contributed by atoms with E-state index in [4.69, 9.17) is 0 Å². The molecule has 23 heavy (non-hydrogen) atoms. The van der Waals surface area contributed by atoms with E-state index in [1.165, 1.54) is 35.2 Å². The van der Waals surface area contributed by atoms with Gasteiger partial charge in [0.1, 0.15) is 16.8 Å². The van der Waals surface area contributed by atoms with Gasteiger partial charge >= 0.3 is 0 Å². The van der Waals surface area contributed by atoms with E-state index in [2.05, 4.69) is 6.07 Å². The molecule has 0 atom stereocenters. The van der Waals surface area contributed by atoms with Gasteiger partial charge in [-0.05, 0) is 36.4 Å². The van der Waals surface area contributed by atoms with Crippen molar-refractivity contribution < 1.29 is 12.8 Å². The van der Waals surface area contributed by atoms with Crippen molar-refractivity contribution >= 4 is 43.0 Å². The molecule has 3 nitrogen and oxygen atoms in total. The highest BCUT2D eigenvalue weighted by Crippen LogP contribution is 2.41. The van der Waals surface area contributed by atoms with Crippen LogP contribution in [0.25, 0.3) is 10.1 Å². The summed E-state index contributed by atoms with van der Waals surface area (Å²) in [6, 6.07) is 13.0. The number of benzene rings is 2. The number of nitrogens with zero attached hydrogens (tertiary/aromatic N) is 1. The quantitative estimate of drug-likeness (QED) is 0.689. The van der Waals surface area contributed by atoms with Gasteiger partial charge in [0.15, 0.2) is 9.84 Å². The number of halogens is 1. The van der Waals surface area contributed by atoms with Crippen LogP contribution in [0.1, 0.15) is 4.88 Å². The Balaban J connectivity index is 2.12. The van der Waals surface area contributed by atoms with Crippen molar-refractivity contribution in [2.75, 3.05) is 6.26 Å². The third kappa shape index (κ3) is 3.24. The molecule has 0 saturated carbocycles. The molecule has 3 aromatic rings. The molecule has 1 aromatic heterocycles. The average Bonchev–Trinajstić information content (AvgIpc) is 2.86. The molecular weight excluding hydrogens is 353 g/mol. The maximum absolute atomic E-state index is 13.0. The first kappa shape index (κ1) is 16.0. The Labute approximate surface area is 141 Å². The predicted octanol–water partition coefficient (Wildman–Crippen LogP) is 4.47. The van der Waals surface area contributed by atoms with Gasteiger partial charge in [0.25, 0.3) is 0 Å². The normalized spacial score (nSPS) is 11.5. The first-order chi connectivity index (χ1) is 10.9. The van der Waals surface area contributed by atoms with Crippen LogP contribution in [0.5, 0.6) is 0 Å². The van der Waals surface area contributed by atoms with Gasteiger partial charge in [-0.25, -0.2) is 12.8 Å². The summed E-state index contributed by atoms with van der Waals surface area (Å²) in [7, 11) is -3.29. The number of fused-ring (bicyclic) bond motifs is 1. The van der Waals surface area contributed by atoms with Crippen LogP contribution in [-0.2, 0) is 9.84 Å². The van der Waals surface area contributed by atoms with Crippen molar-refractivity contribution in [3.05, 3.63) is 53.2 Å². The first-order valence-corrected chi connectivity index (χ1v) is 10.0. The number of rotatable bonds is 3. The lowest BCUT2D eigenvalue weighted by molar-refractivity contribution is 0.602. The molecule has 0 unspecified atom stereocenters. The van der Waals surface area contributed by atoms with Gasteiger partial charge in [0.05, 0.1) is 4.90 Å². The Morgan fingerprint density at radius 1 is 1.17 bits per heavy atom. The Bertz CT molecular complexity index is 1030. The van der Waals surface area contributed by atoms with E-state index in [0.29, 0.717) is 4.88 Å². The van der Waals surface area contributed by atoms with E-state index in [9.17, 15) is 18.1 Å². The van der Waals surface area contributed by atoms with Crippen LogP contribution >= 0.6 is 23.1 Å². The number of hydrogen-bond acceptors (Lipinski definition) is 5. The molecule has 0 fully saturated rings. The van der Waals surface area contributed by atoms with Gasteiger partial charge < -0.3 is 0 Å². The summed E-state index contributed by atoms with van der Waals surface area (Å²) in [5.74, 6) is -0.317. The minimum Gasteiger partial charge on any atom is -0.224 e. The highest BCUT2D eigenvalue weighted by Gasteiger charge is 2.16. The summed E-state index contributed by atoms with van der Waals surface area (Å²) in [4.78, 5) is 2.32. The van der Waals surface area contributed by atoms with Gasteiger partial charge in [-0.2, -0.15) is 5.26 Å². The fraction of sp³-hybridized carbons (Fsp3) is 0.0625. The Kier molecular flexibility index (Phi) is 4.15. The minimum atomic E-state index is -3.29. The van der Waals surface area contributed by atoms with Crippen LogP contribution < -0.4 is 0 Å². The summed E-state index contributed by atoms with van der Waals surface area (Å²) in [6.07, 6.45) is 1.15. The number of thiophene rings is 1. The predicted molar refractivity (Wildman–Crippen MR) is 90.2 cm³/mol. The molecule has 3 rings (SSSR count). The van der Waals surface area contributed by atoms with E-state index in [1.54, 1.807) is 30.3 Å². The van der Waals surface area contributed by atoms with Crippen molar-refractivity contribution in [1.82, 2.24) is 0 Å². The van der Waals surface area contributed by atoms with Crippen molar-refractivity contribution in [3.8, 4) is 6.07 Å². The van der Waals surface area contributed by atoms with Gasteiger partial charge in [0, 0.05) is 26.1 Å². The molecule has 2 aromatic carbocycles. The number of sulfone groups is 1. The third-order valence-corrected chi connectivity index (χ3v) is 6.61. The summed E-state index contributed by atoms with van der Waals surface area (Å²) < 4.78 is 37.1. The van der Waals surface area contributed by atoms with Crippen LogP contribution in [0.4, 0.5) is 4.39 Å². The van der Waals surface area contributed by atoms with Crippen LogP contribution in [0.3, 0.4) is 0 Å². The molecule has 0 radical (unpaired) electrons. The second-order valence-corrected chi connectivity index (χ2v) is 9.01. The van der Waals surface area contributed by atoms with E-state index in [-0.39, 0.29) is 10.7 Å². The number of nitriles is 1. The molecule has 0 saturated heterocycles. The minimum absolute atomic E-state index is 0.231. The third-order valence-electron chi connectivity index (χ3n) is 3.18. The lowest BCUT2D eigenvalue weighted by Gasteiger charge is -2.02. The molecule has 0 spiro atoms. The molecule has 0 aliphatic heterocycles. The molecule has 0 amide bonds. The zero-order chi connectivity index (χ0) is 16.6. The zero-order valence-electron chi connectivity index (χ0n) is 11.9. The summed E-state index contributed by atoms with van der Waals surface area (Å²) in [6.45, 7) is 0. The number of hydrogen-bond donors (Lipinski definition) is 0. The second-order valence-electron chi connectivity index (χ2n) is 4.86. The van der Waals surface area contributed by atoms with Gasteiger partial charge in [-0.15, -0.1) is 11.3 Å². The van der Waals surface area contributed by atoms with Crippen LogP contribution in [-0.4, -0.2) is 14.7 Å². The van der Waals surface area contributed by atoms with Gasteiger partial charge in [-0.1, -0.05) is 17.8 Å². The van der Waals surface area contributed by atoms with Crippen LogP contribution in [0, 0.1) is 17.1 Å².